The second-order valence-electron chi connectivity index (χ2n) is 10.6. The number of nitrogens with zero attached hydrogens (tertiary/aromatic N) is 8. The molecule has 220 valence electrons. The fraction of sp³-hybridized carbons (Fsp3) is 0.444. The Bertz CT molecular complexity index is 1740. The molecule has 0 aromatic carbocycles. The quantitative estimate of drug-likeness (QED) is 0.283. The minimum Gasteiger partial charge on any atom is -0.491 e. The lowest BCUT2D eigenvalue weighted by Crippen LogP contribution is -2.52. The van der Waals surface area contributed by atoms with Gasteiger partial charge in [-0.1, -0.05) is 5.21 Å². The molecule has 2 fully saturated rings. The number of fused-ring (bicyclic) bond motifs is 1. The zero-order valence-corrected chi connectivity index (χ0v) is 23.6. The van der Waals surface area contributed by atoms with Crippen LogP contribution in [0.1, 0.15) is 41.8 Å². The molecule has 42 heavy (non-hydrogen) atoms. The third-order valence-corrected chi connectivity index (χ3v) is 8.72. The molecule has 4 aromatic heterocycles. The number of hydrogen-bond donors (Lipinski definition) is 1. The largest absolute Gasteiger partial charge is 0.491 e. The SMILES string of the molecule is Cc1c(-c2cc(OCC(CS(=O)(=O)O)c3ccc(F)cn3)c3c(C#N)cnn3c2)nnn1C1CCN(C2COC2)CC1. The molecule has 6 rings (SSSR count). The molecule has 0 saturated carbocycles. The Balaban J connectivity index is 1.29. The second-order valence-corrected chi connectivity index (χ2v) is 12.1. The maximum atomic E-state index is 13.5. The zero-order chi connectivity index (χ0) is 29.4. The molecule has 0 radical (unpaired) electrons. The molecule has 2 saturated heterocycles. The number of rotatable bonds is 9. The molecule has 0 amide bonds. The van der Waals surface area contributed by atoms with E-state index in [0.717, 1.165) is 57.1 Å². The third kappa shape index (κ3) is 5.71. The Hall–Kier alpha value is -3.97. The van der Waals surface area contributed by atoms with Crippen LogP contribution in [0.25, 0.3) is 16.8 Å². The van der Waals surface area contributed by atoms with Crippen molar-refractivity contribution < 1.29 is 26.8 Å². The number of pyridine rings is 2. The van der Waals surface area contributed by atoms with Crippen molar-refractivity contribution in [3.05, 3.63) is 59.6 Å². The first-order chi connectivity index (χ1) is 20.2. The molecular weight excluding hydrogens is 567 g/mol. The lowest BCUT2D eigenvalue weighted by atomic mass is 10.0. The van der Waals surface area contributed by atoms with E-state index in [0.29, 0.717) is 22.8 Å². The first-order valence-electron chi connectivity index (χ1n) is 13.5. The van der Waals surface area contributed by atoms with E-state index in [1.807, 2.05) is 11.6 Å². The number of piperidine rings is 1. The molecule has 2 aliphatic heterocycles. The highest BCUT2D eigenvalue weighted by molar-refractivity contribution is 7.85. The van der Waals surface area contributed by atoms with Gasteiger partial charge in [-0.25, -0.2) is 13.6 Å². The Labute approximate surface area is 241 Å². The molecule has 0 aliphatic carbocycles. The van der Waals surface area contributed by atoms with Gasteiger partial charge in [-0.3, -0.25) is 14.4 Å². The van der Waals surface area contributed by atoms with Crippen LogP contribution in [0, 0.1) is 24.1 Å². The number of hydrogen-bond acceptors (Lipinski definition) is 10. The summed E-state index contributed by atoms with van der Waals surface area (Å²) in [5, 5.41) is 22.9. The monoisotopic (exact) mass is 596 g/mol. The number of nitriles is 1. The van der Waals surface area contributed by atoms with Gasteiger partial charge in [0.2, 0.25) is 0 Å². The van der Waals surface area contributed by atoms with Gasteiger partial charge in [-0.15, -0.1) is 5.10 Å². The van der Waals surface area contributed by atoms with Crippen molar-refractivity contribution in [2.24, 2.45) is 0 Å². The lowest BCUT2D eigenvalue weighted by molar-refractivity contribution is -0.0735. The third-order valence-electron chi connectivity index (χ3n) is 7.90. The van der Waals surface area contributed by atoms with Crippen molar-refractivity contribution in [3.8, 4) is 23.1 Å². The molecule has 2 aliphatic rings. The smallest absolute Gasteiger partial charge is 0.265 e. The standard InChI is InChI=1S/C27H29FN8O5S/c1-17-26(32-33-36(17)22-4-6-34(7-5-22)23-14-40-15-23)18-8-25(27-19(9-29)10-31-35(27)12-18)41-13-20(16-42(37,38)39)24-3-2-21(28)11-30-24/h2-3,8,10-12,20,22-23H,4-7,13-16H2,1H3,(H,37,38,39). The van der Waals surface area contributed by atoms with Crippen molar-refractivity contribution in [1.29, 1.82) is 5.26 Å². The Kier molecular flexibility index (Phi) is 7.62. The van der Waals surface area contributed by atoms with E-state index in [4.69, 9.17) is 9.47 Å². The average molecular weight is 597 g/mol. The molecule has 4 aromatic rings. The van der Waals surface area contributed by atoms with E-state index in [2.05, 4.69) is 31.4 Å². The van der Waals surface area contributed by atoms with Crippen molar-refractivity contribution in [1.82, 2.24) is 34.5 Å². The van der Waals surface area contributed by atoms with Crippen LogP contribution in [0.3, 0.4) is 0 Å². The van der Waals surface area contributed by atoms with E-state index < -0.39 is 27.6 Å². The van der Waals surface area contributed by atoms with Crippen LogP contribution in [0.5, 0.6) is 5.75 Å². The summed E-state index contributed by atoms with van der Waals surface area (Å²) in [6.07, 6.45) is 6.01. The Morgan fingerprint density at radius 3 is 2.67 bits per heavy atom. The summed E-state index contributed by atoms with van der Waals surface area (Å²) in [4.78, 5) is 6.44. The van der Waals surface area contributed by atoms with Crippen LogP contribution in [0.15, 0.2) is 36.8 Å². The first-order valence-corrected chi connectivity index (χ1v) is 15.2. The van der Waals surface area contributed by atoms with Gasteiger partial charge in [0.15, 0.2) is 0 Å². The van der Waals surface area contributed by atoms with E-state index in [-0.39, 0.29) is 29.7 Å². The predicted molar refractivity (Wildman–Crippen MR) is 147 cm³/mol. The van der Waals surface area contributed by atoms with Gasteiger partial charge >= 0.3 is 0 Å². The van der Waals surface area contributed by atoms with Crippen molar-refractivity contribution >= 4 is 15.6 Å². The van der Waals surface area contributed by atoms with Crippen molar-refractivity contribution in [2.75, 3.05) is 38.7 Å². The predicted octanol–water partition coefficient (Wildman–Crippen LogP) is 2.39. The van der Waals surface area contributed by atoms with Gasteiger partial charge in [-0.05, 0) is 38.0 Å². The molecule has 1 atom stereocenters. The topological polar surface area (TPSA) is 161 Å². The maximum Gasteiger partial charge on any atom is 0.265 e. The van der Waals surface area contributed by atoms with Crippen LogP contribution < -0.4 is 4.74 Å². The van der Waals surface area contributed by atoms with Crippen LogP contribution in [0.2, 0.25) is 0 Å². The summed E-state index contributed by atoms with van der Waals surface area (Å²) in [5.41, 5.74) is 3.01. The minimum absolute atomic E-state index is 0.210. The summed E-state index contributed by atoms with van der Waals surface area (Å²) >= 11 is 0. The zero-order valence-electron chi connectivity index (χ0n) is 22.8. The van der Waals surface area contributed by atoms with Crippen LogP contribution in [-0.2, 0) is 14.9 Å². The minimum atomic E-state index is -4.42. The van der Waals surface area contributed by atoms with Crippen LogP contribution >= 0.6 is 0 Å². The number of likely N-dealkylation sites (tertiary alicyclic amines) is 1. The number of ether oxygens (including phenoxy) is 2. The van der Waals surface area contributed by atoms with E-state index in [1.165, 1.54) is 16.8 Å². The number of aromatic nitrogens is 6. The van der Waals surface area contributed by atoms with Gasteiger partial charge < -0.3 is 9.47 Å². The molecule has 1 N–H and O–H groups in total. The maximum absolute atomic E-state index is 13.5. The van der Waals surface area contributed by atoms with E-state index in [9.17, 15) is 22.6 Å². The summed E-state index contributed by atoms with van der Waals surface area (Å²) < 4.78 is 61.4. The highest BCUT2D eigenvalue weighted by Crippen LogP contribution is 2.33. The highest BCUT2D eigenvalue weighted by Gasteiger charge is 2.31. The fourth-order valence-corrected chi connectivity index (χ4v) is 6.36. The molecule has 6 heterocycles. The molecule has 1 unspecified atom stereocenters. The fourth-order valence-electron chi connectivity index (χ4n) is 5.58. The molecule has 15 heteroatoms. The molecule has 0 spiro atoms. The van der Waals surface area contributed by atoms with E-state index in [1.54, 1.807) is 12.3 Å². The molecule has 0 bridgehead atoms. The van der Waals surface area contributed by atoms with Gasteiger partial charge in [0.05, 0.1) is 61.7 Å². The summed E-state index contributed by atoms with van der Waals surface area (Å²) in [6, 6.07) is 7.01. The Morgan fingerprint density at radius 2 is 2.02 bits per heavy atom. The molecule has 13 nitrogen and oxygen atoms in total. The van der Waals surface area contributed by atoms with Crippen LogP contribution in [-0.4, -0.2) is 92.2 Å². The van der Waals surface area contributed by atoms with Gasteiger partial charge in [0.25, 0.3) is 10.1 Å². The van der Waals surface area contributed by atoms with E-state index >= 15 is 0 Å². The van der Waals surface area contributed by atoms with Crippen molar-refractivity contribution in [3.63, 3.8) is 0 Å². The van der Waals surface area contributed by atoms with Crippen LogP contribution in [0.4, 0.5) is 4.39 Å². The van der Waals surface area contributed by atoms with Gasteiger partial charge in [0.1, 0.15) is 34.4 Å². The van der Waals surface area contributed by atoms with Gasteiger partial charge in [-0.2, -0.15) is 18.8 Å². The summed E-state index contributed by atoms with van der Waals surface area (Å²) in [5.74, 6) is -1.93. The normalized spacial score (nSPS) is 17.7. The average Bonchev–Trinajstić information content (AvgIpc) is 3.53. The summed E-state index contributed by atoms with van der Waals surface area (Å²) in [7, 11) is -4.42. The highest BCUT2D eigenvalue weighted by atomic mass is 32.2. The number of halogens is 1. The molecular formula is C27H29FN8O5S. The second kappa shape index (κ2) is 11.4. The van der Waals surface area contributed by atoms with Crippen molar-refractivity contribution in [2.45, 2.75) is 37.8 Å². The lowest BCUT2D eigenvalue weighted by Gasteiger charge is -2.41. The van der Waals surface area contributed by atoms with Gasteiger partial charge in [0, 0.05) is 30.5 Å². The summed E-state index contributed by atoms with van der Waals surface area (Å²) in [6.45, 7) is 5.25. The Morgan fingerprint density at radius 1 is 1.24 bits per heavy atom. The first kappa shape index (κ1) is 28.2.